The number of nitrogens with zero attached hydrogens (tertiary/aromatic N) is 5. The average molecular weight is 341 g/mol. The van der Waals surface area contributed by atoms with Crippen LogP contribution in [0.5, 0.6) is 5.75 Å². The van der Waals surface area contributed by atoms with Crippen molar-refractivity contribution in [2.24, 2.45) is 0 Å². The van der Waals surface area contributed by atoms with Crippen LogP contribution in [0.1, 0.15) is 5.56 Å². The molecular weight excluding hydrogens is 314 g/mol. The Morgan fingerprint density at radius 1 is 0.960 bits per heavy atom. The number of piperazine rings is 1. The second-order valence-electron chi connectivity index (χ2n) is 6.57. The second kappa shape index (κ2) is 8.16. The van der Waals surface area contributed by atoms with Crippen molar-refractivity contribution in [3.8, 4) is 5.75 Å². The van der Waals surface area contributed by atoms with E-state index < -0.39 is 0 Å². The van der Waals surface area contributed by atoms with Crippen molar-refractivity contribution < 1.29 is 4.74 Å². The lowest BCUT2D eigenvalue weighted by Gasteiger charge is -2.35. The molecule has 2 heterocycles. The average Bonchev–Trinajstić information content (AvgIpc) is 2.67. The van der Waals surface area contributed by atoms with Crippen LogP contribution in [0.4, 0.5) is 11.6 Å². The Hall–Kier alpha value is -2.34. The summed E-state index contributed by atoms with van der Waals surface area (Å²) in [5, 5.41) is 8.64. The van der Waals surface area contributed by atoms with Crippen LogP contribution in [0.25, 0.3) is 0 Å². The molecule has 0 aliphatic carbocycles. The topological polar surface area (TPSA) is 44.7 Å². The number of methoxy groups -OCH3 is 1. The van der Waals surface area contributed by atoms with E-state index in [1.54, 1.807) is 7.11 Å². The Bertz CT molecular complexity index is 649. The number of rotatable bonds is 6. The maximum Gasteiger partial charge on any atom is 0.151 e. The van der Waals surface area contributed by atoms with Gasteiger partial charge in [0.15, 0.2) is 11.6 Å². The van der Waals surface area contributed by atoms with Crippen molar-refractivity contribution in [3.63, 3.8) is 0 Å². The molecule has 0 N–H and O–H groups in total. The molecule has 1 aromatic carbocycles. The molecule has 1 aromatic heterocycles. The van der Waals surface area contributed by atoms with E-state index in [9.17, 15) is 0 Å². The highest BCUT2D eigenvalue weighted by molar-refractivity contribution is 5.44. The van der Waals surface area contributed by atoms with E-state index in [0.717, 1.165) is 56.5 Å². The Labute approximate surface area is 150 Å². The van der Waals surface area contributed by atoms with Crippen LogP contribution in [0.15, 0.2) is 36.4 Å². The molecule has 0 unspecified atom stereocenters. The first-order chi connectivity index (χ1) is 12.2. The fourth-order valence-corrected chi connectivity index (χ4v) is 3.01. The lowest BCUT2D eigenvalue weighted by Crippen LogP contribution is -2.47. The summed E-state index contributed by atoms with van der Waals surface area (Å²) in [7, 11) is 5.66. The highest BCUT2D eigenvalue weighted by atomic mass is 16.5. The summed E-state index contributed by atoms with van der Waals surface area (Å²) in [5.74, 6) is 2.78. The van der Waals surface area contributed by atoms with E-state index in [2.05, 4.69) is 38.2 Å². The van der Waals surface area contributed by atoms with Crippen LogP contribution in [0, 0.1) is 0 Å². The van der Waals surface area contributed by atoms with Gasteiger partial charge in [0, 0.05) is 46.8 Å². The first-order valence-electron chi connectivity index (χ1n) is 8.77. The lowest BCUT2D eigenvalue weighted by molar-refractivity contribution is 0.260. The SMILES string of the molecule is COc1ccc(CCN2CCN(c3ccc(N(C)C)nn3)CC2)cc1. The molecule has 1 aliphatic rings. The van der Waals surface area contributed by atoms with Gasteiger partial charge in [-0.3, -0.25) is 4.90 Å². The Morgan fingerprint density at radius 2 is 1.68 bits per heavy atom. The molecule has 0 spiro atoms. The molecule has 0 atom stereocenters. The first kappa shape index (κ1) is 17.5. The number of hydrogen-bond acceptors (Lipinski definition) is 6. The summed E-state index contributed by atoms with van der Waals surface area (Å²) in [6.45, 7) is 5.21. The van der Waals surface area contributed by atoms with Gasteiger partial charge in [-0.15, -0.1) is 10.2 Å². The van der Waals surface area contributed by atoms with E-state index in [1.165, 1.54) is 5.56 Å². The Kier molecular flexibility index (Phi) is 5.71. The largest absolute Gasteiger partial charge is 0.497 e. The molecule has 0 bridgehead atoms. The second-order valence-corrected chi connectivity index (χ2v) is 6.57. The smallest absolute Gasteiger partial charge is 0.151 e. The van der Waals surface area contributed by atoms with Crippen molar-refractivity contribution in [3.05, 3.63) is 42.0 Å². The zero-order valence-electron chi connectivity index (χ0n) is 15.4. The maximum atomic E-state index is 5.21. The predicted molar refractivity (Wildman–Crippen MR) is 102 cm³/mol. The maximum absolute atomic E-state index is 5.21. The van der Waals surface area contributed by atoms with Crippen LogP contribution in [-0.4, -0.2) is 69.0 Å². The molecule has 3 rings (SSSR count). The van der Waals surface area contributed by atoms with Gasteiger partial charge in [-0.1, -0.05) is 12.1 Å². The van der Waals surface area contributed by atoms with Crippen molar-refractivity contribution >= 4 is 11.6 Å². The van der Waals surface area contributed by atoms with Crippen molar-refractivity contribution in [1.29, 1.82) is 0 Å². The van der Waals surface area contributed by atoms with Gasteiger partial charge in [0.05, 0.1) is 7.11 Å². The Balaban J connectivity index is 1.46. The van der Waals surface area contributed by atoms with Gasteiger partial charge >= 0.3 is 0 Å². The number of aromatic nitrogens is 2. The van der Waals surface area contributed by atoms with Crippen molar-refractivity contribution in [1.82, 2.24) is 15.1 Å². The quantitative estimate of drug-likeness (QED) is 0.800. The van der Waals surface area contributed by atoms with Gasteiger partial charge in [-0.05, 0) is 36.2 Å². The van der Waals surface area contributed by atoms with Gasteiger partial charge in [-0.2, -0.15) is 0 Å². The number of anilines is 2. The first-order valence-corrected chi connectivity index (χ1v) is 8.77. The van der Waals surface area contributed by atoms with E-state index in [-0.39, 0.29) is 0 Å². The molecule has 134 valence electrons. The highest BCUT2D eigenvalue weighted by Crippen LogP contribution is 2.16. The molecule has 0 saturated carbocycles. The third-order valence-corrected chi connectivity index (χ3v) is 4.67. The van der Waals surface area contributed by atoms with Gasteiger partial charge < -0.3 is 14.5 Å². The van der Waals surface area contributed by atoms with Gasteiger partial charge in [0.25, 0.3) is 0 Å². The highest BCUT2D eigenvalue weighted by Gasteiger charge is 2.18. The Morgan fingerprint density at radius 3 is 2.24 bits per heavy atom. The van der Waals surface area contributed by atoms with E-state index in [1.807, 2.05) is 37.2 Å². The molecule has 1 fully saturated rings. The third-order valence-electron chi connectivity index (χ3n) is 4.67. The molecule has 6 heteroatoms. The fourth-order valence-electron chi connectivity index (χ4n) is 3.01. The van der Waals surface area contributed by atoms with Crippen LogP contribution in [0.2, 0.25) is 0 Å². The molecule has 0 amide bonds. The normalized spacial score (nSPS) is 15.2. The minimum Gasteiger partial charge on any atom is -0.497 e. The fraction of sp³-hybridized carbons (Fsp3) is 0.474. The van der Waals surface area contributed by atoms with Crippen LogP contribution in [-0.2, 0) is 6.42 Å². The summed E-state index contributed by atoms with van der Waals surface area (Å²) in [6.07, 6.45) is 1.07. The van der Waals surface area contributed by atoms with Crippen LogP contribution in [0.3, 0.4) is 0 Å². The predicted octanol–water partition coefficient (Wildman–Crippen LogP) is 1.92. The minimum absolute atomic E-state index is 0.891. The lowest BCUT2D eigenvalue weighted by atomic mass is 10.1. The van der Waals surface area contributed by atoms with Gasteiger partial charge in [0.2, 0.25) is 0 Å². The summed E-state index contributed by atoms with van der Waals surface area (Å²) >= 11 is 0. The van der Waals surface area contributed by atoms with Crippen LogP contribution >= 0.6 is 0 Å². The standard InChI is InChI=1S/C19H27N5O/c1-22(2)18-8-9-19(21-20-18)24-14-12-23(13-15-24)11-10-16-4-6-17(25-3)7-5-16/h4-9H,10-15H2,1-3H3. The molecular formula is C19H27N5O. The van der Waals surface area contributed by atoms with Gasteiger partial charge in [-0.25, -0.2) is 0 Å². The van der Waals surface area contributed by atoms with Crippen molar-refractivity contribution in [2.75, 3.05) is 63.7 Å². The number of hydrogen-bond donors (Lipinski definition) is 0. The monoisotopic (exact) mass is 341 g/mol. The van der Waals surface area contributed by atoms with Crippen LogP contribution < -0.4 is 14.5 Å². The van der Waals surface area contributed by atoms with Gasteiger partial charge in [0.1, 0.15) is 5.75 Å². The number of ether oxygens (including phenoxy) is 1. The van der Waals surface area contributed by atoms with E-state index in [0.29, 0.717) is 0 Å². The third kappa shape index (κ3) is 4.60. The molecule has 2 aromatic rings. The van der Waals surface area contributed by atoms with Crippen molar-refractivity contribution in [2.45, 2.75) is 6.42 Å². The van der Waals surface area contributed by atoms with E-state index in [4.69, 9.17) is 4.74 Å². The summed E-state index contributed by atoms with van der Waals surface area (Å²) in [6, 6.07) is 12.5. The zero-order valence-corrected chi connectivity index (χ0v) is 15.4. The molecule has 6 nitrogen and oxygen atoms in total. The molecule has 1 saturated heterocycles. The molecule has 25 heavy (non-hydrogen) atoms. The zero-order chi connectivity index (χ0) is 17.6. The van der Waals surface area contributed by atoms with E-state index >= 15 is 0 Å². The molecule has 0 radical (unpaired) electrons. The summed E-state index contributed by atoms with van der Waals surface area (Å²) in [4.78, 5) is 6.80. The number of benzene rings is 1. The minimum atomic E-state index is 0.891. The molecule has 1 aliphatic heterocycles. The summed E-state index contributed by atoms with van der Waals surface area (Å²) < 4.78 is 5.21. The summed E-state index contributed by atoms with van der Waals surface area (Å²) in [5.41, 5.74) is 1.35.